The first kappa shape index (κ1) is 21.3. The zero-order valence-electron chi connectivity index (χ0n) is 17.2. The van der Waals surface area contributed by atoms with E-state index in [1.807, 2.05) is 12.1 Å². The third kappa shape index (κ3) is 3.75. The molecule has 158 valence electrons. The van der Waals surface area contributed by atoms with E-state index in [1.54, 1.807) is 26.5 Å². The molecular weight excluding hydrogens is 445 g/mol. The lowest BCUT2D eigenvalue weighted by molar-refractivity contribution is 0.395. The number of fused-ring (bicyclic) bond motifs is 1. The van der Waals surface area contributed by atoms with Gasteiger partial charge >= 0.3 is 0 Å². The van der Waals surface area contributed by atoms with E-state index >= 15 is 0 Å². The Labute approximate surface area is 190 Å². The van der Waals surface area contributed by atoms with Crippen molar-refractivity contribution in [2.45, 2.75) is 25.8 Å². The van der Waals surface area contributed by atoms with E-state index in [2.05, 4.69) is 23.9 Å². The standard InChI is InChI=1S/C22H22Cl3N3O2/c1-11(12-5-6-12)28(2)22-14-8-18(23)26-10-13(14)7-15(27-22)19-20(24)16(29-3)9-17(30-4)21(19)25/h7-12H,5-6H2,1-4H3. The van der Waals surface area contributed by atoms with Crippen LogP contribution < -0.4 is 14.4 Å². The lowest BCUT2D eigenvalue weighted by Gasteiger charge is -2.28. The van der Waals surface area contributed by atoms with Crippen LogP contribution in [-0.4, -0.2) is 37.3 Å². The Bertz CT molecular complexity index is 1090. The first-order valence-electron chi connectivity index (χ1n) is 9.65. The highest BCUT2D eigenvalue weighted by Crippen LogP contribution is 2.47. The number of pyridine rings is 2. The monoisotopic (exact) mass is 465 g/mol. The van der Waals surface area contributed by atoms with Crippen molar-refractivity contribution in [3.8, 4) is 22.8 Å². The molecule has 0 N–H and O–H groups in total. The summed E-state index contributed by atoms with van der Waals surface area (Å²) in [6.07, 6.45) is 4.20. The molecule has 0 saturated heterocycles. The minimum absolute atomic E-state index is 0.341. The quantitative estimate of drug-likeness (QED) is 0.388. The molecule has 0 bridgehead atoms. The van der Waals surface area contributed by atoms with E-state index in [9.17, 15) is 0 Å². The number of rotatable bonds is 6. The zero-order chi connectivity index (χ0) is 21.6. The van der Waals surface area contributed by atoms with Gasteiger partial charge in [-0.15, -0.1) is 0 Å². The molecule has 1 fully saturated rings. The molecule has 1 aliphatic rings. The molecular formula is C22H22Cl3N3O2. The molecule has 1 aromatic carbocycles. The number of anilines is 1. The summed E-state index contributed by atoms with van der Waals surface area (Å²) in [4.78, 5) is 11.4. The zero-order valence-corrected chi connectivity index (χ0v) is 19.4. The van der Waals surface area contributed by atoms with Gasteiger partial charge in [-0.3, -0.25) is 0 Å². The highest BCUT2D eigenvalue weighted by Gasteiger charge is 2.32. The lowest BCUT2D eigenvalue weighted by atomic mass is 10.1. The average molecular weight is 467 g/mol. The summed E-state index contributed by atoms with van der Waals surface area (Å²) in [7, 11) is 5.15. The number of nitrogens with zero attached hydrogens (tertiary/aromatic N) is 3. The normalized spacial score (nSPS) is 14.6. The SMILES string of the molecule is COc1cc(OC)c(Cl)c(-c2cc3cnc(Cl)cc3c(N(C)C(C)C3CC3)n2)c1Cl. The molecule has 2 heterocycles. The maximum Gasteiger partial charge on any atom is 0.141 e. The van der Waals surface area contributed by atoms with Gasteiger partial charge in [0.15, 0.2) is 0 Å². The van der Waals surface area contributed by atoms with Crippen LogP contribution in [-0.2, 0) is 0 Å². The van der Waals surface area contributed by atoms with E-state index in [0.717, 1.165) is 16.6 Å². The molecule has 1 atom stereocenters. The van der Waals surface area contributed by atoms with Crippen molar-refractivity contribution in [1.29, 1.82) is 0 Å². The van der Waals surface area contributed by atoms with Crippen molar-refractivity contribution in [3.63, 3.8) is 0 Å². The third-order valence-corrected chi connectivity index (χ3v) is 6.70. The van der Waals surface area contributed by atoms with Crippen molar-refractivity contribution in [3.05, 3.63) is 39.6 Å². The lowest BCUT2D eigenvalue weighted by Crippen LogP contribution is -2.31. The van der Waals surface area contributed by atoms with E-state index < -0.39 is 0 Å². The highest BCUT2D eigenvalue weighted by atomic mass is 35.5. The Morgan fingerprint density at radius 2 is 1.67 bits per heavy atom. The van der Waals surface area contributed by atoms with E-state index in [0.29, 0.717) is 49.9 Å². The molecule has 0 aliphatic heterocycles. The van der Waals surface area contributed by atoms with Crippen LogP contribution >= 0.6 is 34.8 Å². The second-order valence-electron chi connectivity index (χ2n) is 7.53. The summed E-state index contributed by atoms with van der Waals surface area (Å²) in [5.74, 6) is 2.40. The van der Waals surface area contributed by atoms with E-state index in [1.165, 1.54) is 12.8 Å². The van der Waals surface area contributed by atoms with Gasteiger partial charge in [0.1, 0.15) is 22.5 Å². The molecule has 2 aromatic heterocycles. The first-order valence-corrected chi connectivity index (χ1v) is 10.8. The average Bonchev–Trinajstić information content (AvgIpc) is 3.58. The van der Waals surface area contributed by atoms with Gasteiger partial charge in [-0.1, -0.05) is 34.8 Å². The van der Waals surface area contributed by atoms with Crippen LogP contribution in [0, 0.1) is 5.92 Å². The van der Waals surface area contributed by atoms with E-state index in [-0.39, 0.29) is 0 Å². The van der Waals surface area contributed by atoms with Gasteiger partial charge in [0.2, 0.25) is 0 Å². The minimum Gasteiger partial charge on any atom is -0.495 e. The van der Waals surface area contributed by atoms with Gasteiger partial charge in [-0.25, -0.2) is 9.97 Å². The Morgan fingerprint density at radius 3 is 2.23 bits per heavy atom. The predicted molar refractivity (Wildman–Crippen MR) is 124 cm³/mol. The van der Waals surface area contributed by atoms with Crippen molar-refractivity contribution in [2.24, 2.45) is 5.92 Å². The van der Waals surface area contributed by atoms with Crippen LogP contribution in [0.3, 0.4) is 0 Å². The van der Waals surface area contributed by atoms with Crippen LogP contribution in [0.25, 0.3) is 22.0 Å². The fourth-order valence-electron chi connectivity index (χ4n) is 3.70. The molecule has 1 unspecified atom stereocenters. The van der Waals surface area contributed by atoms with Crippen molar-refractivity contribution in [1.82, 2.24) is 9.97 Å². The summed E-state index contributed by atoms with van der Waals surface area (Å²) in [5.41, 5.74) is 1.17. The van der Waals surface area contributed by atoms with Crippen LogP contribution in [0.1, 0.15) is 19.8 Å². The van der Waals surface area contributed by atoms with Crippen LogP contribution in [0.5, 0.6) is 11.5 Å². The fraction of sp³-hybridized carbons (Fsp3) is 0.364. The van der Waals surface area contributed by atoms with E-state index in [4.69, 9.17) is 49.3 Å². The van der Waals surface area contributed by atoms with Gasteiger partial charge in [-0.05, 0) is 37.8 Å². The first-order chi connectivity index (χ1) is 14.3. The smallest absolute Gasteiger partial charge is 0.141 e. The topological polar surface area (TPSA) is 47.5 Å². The summed E-state index contributed by atoms with van der Waals surface area (Å²) >= 11 is 19.5. The number of hydrogen-bond donors (Lipinski definition) is 0. The highest BCUT2D eigenvalue weighted by molar-refractivity contribution is 6.41. The minimum atomic E-state index is 0.341. The Kier molecular flexibility index (Phi) is 5.88. The second kappa shape index (κ2) is 8.29. The molecule has 1 aliphatic carbocycles. The van der Waals surface area contributed by atoms with Crippen molar-refractivity contribution >= 4 is 51.4 Å². The summed E-state index contributed by atoms with van der Waals surface area (Å²) in [5, 5.41) is 2.99. The molecule has 30 heavy (non-hydrogen) atoms. The van der Waals surface area contributed by atoms with Crippen molar-refractivity contribution in [2.75, 3.05) is 26.2 Å². The molecule has 1 saturated carbocycles. The molecule has 8 heteroatoms. The Hall–Kier alpha value is -1.95. The number of methoxy groups -OCH3 is 2. The summed E-state index contributed by atoms with van der Waals surface area (Å²) in [6.45, 7) is 2.22. The Morgan fingerprint density at radius 1 is 1.03 bits per heavy atom. The third-order valence-electron chi connectivity index (χ3n) is 5.74. The number of ether oxygens (including phenoxy) is 2. The molecule has 0 amide bonds. The summed E-state index contributed by atoms with van der Waals surface area (Å²) in [6, 6.07) is 5.76. The fourth-order valence-corrected chi connectivity index (χ4v) is 4.55. The van der Waals surface area contributed by atoms with Gasteiger partial charge < -0.3 is 14.4 Å². The second-order valence-corrected chi connectivity index (χ2v) is 8.68. The molecule has 0 spiro atoms. The van der Waals surface area contributed by atoms with Crippen molar-refractivity contribution < 1.29 is 9.47 Å². The molecule has 5 nitrogen and oxygen atoms in total. The van der Waals surface area contributed by atoms with Crippen LogP contribution in [0.4, 0.5) is 5.82 Å². The van der Waals surface area contributed by atoms with Crippen LogP contribution in [0.2, 0.25) is 15.2 Å². The Balaban J connectivity index is 1.98. The largest absolute Gasteiger partial charge is 0.495 e. The predicted octanol–water partition coefficient (Wildman–Crippen LogP) is 6.51. The summed E-state index contributed by atoms with van der Waals surface area (Å²) < 4.78 is 10.8. The number of hydrogen-bond acceptors (Lipinski definition) is 5. The van der Waals surface area contributed by atoms with Gasteiger partial charge in [0, 0.05) is 41.7 Å². The van der Waals surface area contributed by atoms with Gasteiger partial charge in [0.05, 0.1) is 30.0 Å². The molecule has 3 aromatic rings. The van der Waals surface area contributed by atoms with Gasteiger partial charge in [-0.2, -0.15) is 0 Å². The van der Waals surface area contributed by atoms with Gasteiger partial charge in [0.25, 0.3) is 0 Å². The number of benzene rings is 1. The maximum atomic E-state index is 6.65. The number of halogens is 3. The molecule has 0 radical (unpaired) electrons. The number of aromatic nitrogens is 2. The maximum absolute atomic E-state index is 6.65. The van der Waals surface area contributed by atoms with Crippen LogP contribution in [0.15, 0.2) is 24.4 Å². The molecule has 4 rings (SSSR count).